The van der Waals surface area contributed by atoms with Crippen molar-refractivity contribution in [1.29, 1.82) is 0 Å². The Balaban J connectivity index is 2.13. The number of aryl methyl sites for hydroxylation is 3. The van der Waals surface area contributed by atoms with Crippen molar-refractivity contribution < 1.29 is 0 Å². The van der Waals surface area contributed by atoms with Crippen LogP contribution >= 0.6 is 0 Å². The maximum Gasteiger partial charge on any atom is -0.0149 e. The molecule has 92 valence electrons. The third kappa shape index (κ3) is 1.86. The van der Waals surface area contributed by atoms with Crippen LogP contribution in [0.4, 0.5) is 0 Å². The Bertz CT molecular complexity index is 591. The molecule has 0 N–H and O–H groups in total. The molecular formula is C18H20. The number of benzene rings is 2. The smallest absolute Gasteiger partial charge is 0.0149 e. The molecule has 2 aromatic rings. The van der Waals surface area contributed by atoms with Crippen LogP contribution in [0.1, 0.15) is 42.0 Å². The Hall–Kier alpha value is -1.56. The lowest BCUT2D eigenvalue weighted by molar-refractivity contribution is 0.855. The molecule has 0 amide bonds. The largest absolute Gasteiger partial charge is 0.0587 e. The highest BCUT2D eigenvalue weighted by Gasteiger charge is 2.16. The summed E-state index contributed by atoms with van der Waals surface area (Å²) in [7, 11) is 0. The van der Waals surface area contributed by atoms with Crippen LogP contribution in [-0.4, -0.2) is 0 Å². The summed E-state index contributed by atoms with van der Waals surface area (Å²) in [6.45, 7) is 6.71. The van der Waals surface area contributed by atoms with Crippen LogP contribution in [0.25, 0.3) is 11.1 Å². The second-order valence-electron chi connectivity index (χ2n) is 5.73. The van der Waals surface area contributed by atoms with Crippen LogP contribution in [0.15, 0.2) is 36.4 Å². The molecule has 2 aromatic carbocycles. The van der Waals surface area contributed by atoms with E-state index in [9.17, 15) is 0 Å². The van der Waals surface area contributed by atoms with E-state index in [4.69, 9.17) is 0 Å². The summed E-state index contributed by atoms with van der Waals surface area (Å²) >= 11 is 0. The molecule has 0 radical (unpaired) electrons. The minimum Gasteiger partial charge on any atom is -0.0587 e. The normalized spacial score (nSPS) is 13.3. The van der Waals surface area contributed by atoms with Gasteiger partial charge in [-0.15, -0.1) is 0 Å². The van der Waals surface area contributed by atoms with Crippen LogP contribution in [0.5, 0.6) is 0 Å². The van der Waals surface area contributed by atoms with Gasteiger partial charge in [0, 0.05) is 0 Å². The van der Waals surface area contributed by atoms with Gasteiger partial charge in [-0.05, 0) is 53.5 Å². The molecule has 3 rings (SSSR count). The average molecular weight is 236 g/mol. The highest BCUT2D eigenvalue weighted by Crippen LogP contribution is 2.35. The molecule has 0 spiro atoms. The molecule has 0 saturated carbocycles. The zero-order valence-electron chi connectivity index (χ0n) is 11.5. The van der Waals surface area contributed by atoms with Gasteiger partial charge in [-0.25, -0.2) is 0 Å². The summed E-state index contributed by atoms with van der Waals surface area (Å²) in [5.74, 6) is 0.620. The molecule has 0 heterocycles. The maximum atomic E-state index is 2.41. The van der Waals surface area contributed by atoms with E-state index in [1.165, 1.54) is 46.2 Å². The number of fused-ring (bicyclic) bond motifs is 3. The van der Waals surface area contributed by atoms with Crippen molar-refractivity contribution in [2.75, 3.05) is 0 Å². The molecule has 0 saturated heterocycles. The van der Waals surface area contributed by atoms with Crippen molar-refractivity contribution in [2.24, 2.45) is 0 Å². The highest BCUT2D eigenvalue weighted by molar-refractivity contribution is 5.73. The van der Waals surface area contributed by atoms with Crippen molar-refractivity contribution in [2.45, 2.75) is 39.5 Å². The summed E-state index contributed by atoms with van der Waals surface area (Å²) < 4.78 is 0. The van der Waals surface area contributed by atoms with E-state index in [0.29, 0.717) is 5.92 Å². The first-order valence-corrected chi connectivity index (χ1v) is 6.88. The fourth-order valence-corrected chi connectivity index (χ4v) is 2.90. The molecule has 18 heavy (non-hydrogen) atoms. The highest BCUT2D eigenvalue weighted by atomic mass is 14.2. The summed E-state index contributed by atoms with van der Waals surface area (Å²) in [6, 6.07) is 13.9. The average Bonchev–Trinajstić information content (AvgIpc) is 2.37. The molecule has 0 aliphatic heterocycles. The zero-order chi connectivity index (χ0) is 12.7. The van der Waals surface area contributed by atoms with Gasteiger partial charge in [0.2, 0.25) is 0 Å². The van der Waals surface area contributed by atoms with E-state index in [0.717, 1.165) is 0 Å². The Morgan fingerprint density at radius 1 is 0.833 bits per heavy atom. The van der Waals surface area contributed by atoms with E-state index >= 15 is 0 Å². The fraction of sp³-hybridized carbons (Fsp3) is 0.333. The minimum absolute atomic E-state index is 0.620. The molecule has 1 aliphatic carbocycles. The van der Waals surface area contributed by atoms with E-state index in [2.05, 4.69) is 57.2 Å². The zero-order valence-corrected chi connectivity index (χ0v) is 11.5. The molecule has 1 aliphatic rings. The van der Waals surface area contributed by atoms with Gasteiger partial charge in [0.25, 0.3) is 0 Å². The van der Waals surface area contributed by atoms with Crippen LogP contribution in [0.2, 0.25) is 0 Å². The topological polar surface area (TPSA) is 0 Å². The van der Waals surface area contributed by atoms with Gasteiger partial charge >= 0.3 is 0 Å². The Morgan fingerprint density at radius 2 is 1.44 bits per heavy atom. The van der Waals surface area contributed by atoms with Crippen LogP contribution < -0.4 is 0 Å². The monoisotopic (exact) mass is 236 g/mol. The van der Waals surface area contributed by atoms with Gasteiger partial charge in [0.15, 0.2) is 0 Å². The van der Waals surface area contributed by atoms with E-state index < -0.39 is 0 Å². The Kier molecular flexibility index (Phi) is 2.74. The van der Waals surface area contributed by atoms with Crippen LogP contribution in [0, 0.1) is 6.92 Å². The SMILES string of the molecule is Cc1ccc2c(c1)CCc1cc(C(C)C)ccc1-2. The lowest BCUT2D eigenvalue weighted by atomic mass is 9.83. The maximum absolute atomic E-state index is 2.41. The second kappa shape index (κ2) is 4.28. The first-order valence-electron chi connectivity index (χ1n) is 6.88. The lowest BCUT2D eigenvalue weighted by Gasteiger charge is -2.21. The first-order chi connectivity index (χ1) is 8.65. The fourth-order valence-electron chi connectivity index (χ4n) is 2.90. The standard InChI is InChI=1S/C18H20/c1-12(2)14-7-9-18-16(11-14)6-5-15-10-13(3)4-8-17(15)18/h4,7-12H,5-6H2,1-3H3. The van der Waals surface area contributed by atoms with Crippen molar-refractivity contribution in [1.82, 2.24) is 0 Å². The van der Waals surface area contributed by atoms with Gasteiger partial charge in [-0.1, -0.05) is 55.8 Å². The third-order valence-corrected chi connectivity index (χ3v) is 4.01. The summed E-state index contributed by atoms with van der Waals surface area (Å²) in [4.78, 5) is 0. The lowest BCUT2D eigenvalue weighted by Crippen LogP contribution is -2.05. The van der Waals surface area contributed by atoms with Crippen molar-refractivity contribution in [3.63, 3.8) is 0 Å². The summed E-state index contributed by atoms with van der Waals surface area (Å²) in [5, 5.41) is 0. The van der Waals surface area contributed by atoms with E-state index in [1.807, 2.05) is 0 Å². The molecular weight excluding hydrogens is 216 g/mol. The summed E-state index contributed by atoms with van der Waals surface area (Å²) in [5.41, 5.74) is 8.76. The molecule has 0 bridgehead atoms. The van der Waals surface area contributed by atoms with Gasteiger partial charge in [-0.2, -0.15) is 0 Å². The van der Waals surface area contributed by atoms with Gasteiger partial charge in [-0.3, -0.25) is 0 Å². The van der Waals surface area contributed by atoms with E-state index in [1.54, 1.807) is 0 Å². The molecule has 0 nitrogen and oxygen atoms in total. The third-order valence-electron chi connectivity index (χ3n) is 4.01. The van der Waals surface area contributed by atoms with Crippen LogP contribution in [-0.2, 0) is 12.8 Å². The van der Waals surface area contributed by atoms with Crippen LogP contribution in [0.3, 0.4) is 0 Å². The van der Waals surface area contributed by atoms with Crippen molar-refractivity contribution >= 4 is 0 Å². The van der Waals surface area contributed by atoms with E-state index in [-0.39, 0.29) is 0 Å². The van der Waals surface area contributed by atoms with Crippen molar-refractivity contribution in [3.05, 3.63) is 58.7 Å². The predicted molar refractivity (Wildman–Crippen MR) is 78.1 cm³/mol. The molecule has 0 atom stereocenters. The second-order valence-corrected chi connectivity index (χ2v) is 5.73. The predicted octanol–water partition coefficient (Wildman–Crippen LogP) is 4.88. The Labute approximate surface area is 110 Å². The molecule has 0 aromatic heterocycles. The number of rotatable bonds is 1. The number of hydrogen-bond donors (Lipinski definition) is 0. The number of hydrogen-bond acceptors (Lipinski definition) is 0. The molecule has 0 heteroatoms. The van der Waals surface area contributed by atoms with Gasteiger partial charge < -0.3 is 0 Å². The molecule has 0 unspecified atom stereocenters. The molecule has 0 fully saturated rings. The van der Waals surface area contributed by atoms with Gasteiger partial charge in [0.1, 0.15) is 0 Å². The van der Waals surface area contributed by atoms with Gasteiger partial charge in [0.05, 0.1) is 0 Å². The summed E-state index contributed by atoms with van der Waals surface area (Å²) in [6.07, 6.45) is 2.37. The quantitative estimate of drug-likeness (QED) is 0.661. The minimum atomic E-state index is 0.620. The first kappa shape index (κ1) is 11.5. The Morgan fingerprint density at radius 3 is 2.11 bits per heavy atom. The van der Waals surface area contributed by atoms with Crippen molar-refractivity contribution in [3.8, 4) is 11.1 Å².